The Hall–Kier alpha value is -2.62. The average Bonchev–Trinajstić information content (AvgIpc) is 2.86. The highest BCUT2D eigenvalue weighted by atomic mass is 16.3. The lowest BCUT2D eigenvalue weighted by atomic mass is 10.1. The Bertz CT molecular complexity index is 778. The smallest absolute Gasteiger partial charge is 0.231 e. The number of para-hydroxylation sites is 1. The number of hydrogen-bond acceptors (Lipinski definition) is 3. The topological polar surface area (TPSA) is 46.3 Å². The largest absolute Gasteiger partial charge is 0.441 e. The summed E-state index contributed by atoms with van der Waals surface area (Å²) < 4.78 is 5.44. The van der Waals surface area contributed by atoms with E-state index in [-0.39, 0.29) is 5.91 Å². The van der Waals surface area contributed by atoms with Crippen molar-refractivity contribution in [2.45, 2.75) is 13.3 Å². The Morgan fingerprint density at radius 3 is 2.71 bits per heavy atom. The van der Waals surface area contributed by atoms with E-state index in [0.29, 0.717) is 12.3 Å². The second-order valence-corrected chi connectivity index (χ2v) is 5.00. The lowest BCUT2D eigenvalue weighted by molar-refractivity contribution is -0.117. The van der Waals surface area contributed by atoms with Crippen LogP contribution in [0.1, 0.15) is 11.5 Å². The number of carbonyl (C=O) groups excluding carboxylic acids is 1. The molecule has 0 radical (unpaired) electrons. The number of anilines is 1. The average molecular weight is 280 g/mol. The van der Waals surface area contributed by atoms with Crippen LogP contribution in [-0.4, -0.2) is 17.9 Å². The minimum atomic E-state index is 0.0424. The predicted octanol–water partition coefficient (Wildman–Crippen LogP) is 3.34. The monoisotopic (exact) mass is 280 g/mol. The van der Waals surface area contributed by atoms with Gasteiger partial charge in [-0.1, -0.05) is 24.3 Å². The first-order valence-corrected chi connectivity index (χ1v) is 6.81. The van der Waals surface area contributed by atoms with E-state index in [9.17, 15) is 4.79 Å². The van der Waals surface area contributed by atoms with Crippen LogP contribution in [0.4, 0.5) is 5.69 Å². The number of oxazole rings is 1. The molecule has 0 unspecified atom stereocenters. The van der Waals surface area contributed by atoms with E-state index < -0.39 is 0 Å². The van der Waals surface area contributed by atoms with E-state index in [0.717, 1.165) is 22.4 Å². The van der Waals surface area contributed by atoms with Gasteiger partial charge < -0.3 is 9.32 Å². The zero-order valence-electron chi connectivity index (χ0n) is 12.0. The number of benzene rings is 2. The molecule has 2 aromatic carbocycles. The van der Waals surface area contributed by atoms with E-state index in [1.165, 1.54) is 0 Å². The van der Waals surface area contributed by atoms with E-state index >= 15 is 0 Å². The SMILES string of the molecule is Cc1nc2cc(CC(=O)N(C)c3ccccc3)ccc2o1. The summed E-state index contributed by atoms with van der Waals surface area (Å²) in [7, 11) is 1.79. The molecule has 0 aliphatic carbocycles. The van der Waals surface area contributed by atoms with Crippen molar-refractivity contribution in [3.05, 3.63) is 60.0 Å². The number of amides is 1. The van der Waals surface area contributed by atoms with Crippen molar-refractivity contribution >= 4 is 22.7 Å². The number of rotatable bonds is 3. The van der Waals surface area contributed by atoms with Gasteiger partial charge in [-0.2, -0.15) is 0 Å². The lowest BCUT2D eigenvalue weighted by Crippen LogP contribution is -2.27. The number of carbonyl (C=O) groups is 1. The minimum absolute atomic E-state index is 0.0424. The van der Waals surface area contributed by atoms with Crippen molar-refractivity contribution in [1.29, 1.82) is 0 Å². The van der Waals surface area contributed by atoms with Crippen LogP contribution < -0.4 is 4.90 Å². The maximum Gasteiger partial charge on any atom is 0.231 e. The van der Waals surface area contributed by atoms with Gasteiger partial charge in [0.1, 0.15) is 5.52 Å². The maximum absolute atomic E-state index is 12.3. The molecule has 3 rings (SSSR count). The van der Waals surface area contributed by atoms with Crippen LogP contribution in [0, 0.1) is 6.92 Å². The van der Waals surface area contributed by atoms with E-state index in [2.05, 4.69) is 4.98 Å². The fourth-order valence-corrected chi connectivity index (χ4v) is 2.29. The number of nitrogens with zero attached hydrogens (tertiary/aromatic N) is 2. The van der Waals surface area contributed by atoms with Crippen molar-refractivity contribution in [3.8, 4) is 0 Å². The standard InChI is InChI=1S/C17H16N2O2/c1-12-18-15-10-13(8-9-16(15)21-12)11-17(20)19(2)14-6-4-3-5-7-14/h3-10H,11H2,1-2H3. The molecule has 106 valence electrons. The fraction of sp³-hybridized carbons (Fsp3) is 0.176. The highest BCUT2D eigenvalue weighted by Gasteiger charge is 2.12. The van der Waals surface area contributed by atoms with Gasteiger partial charge in [-0.05, 0) is 29.8 Å². The van der Waals surface area contributed by atoms with E-state index in [4.69, 9.17) is 4.42 Å². The Kier molecular flexibility index (Phi) is 3.44. The summed E-state index contributed by atoms with van der Waals surface area (Å²) in [4.78, 5) is 18.3. The third-order valence-electron chi connectivity index (χ3n) is 3.43. The van der Waals surface area contributed by atoms with Crippen molar-refractivity contribution < 1.29 is 9.21 Å². The molecule has 21 heavy (non-hydrogen) atoms. The summed E-state index contributed by atoms with van der Waals surface area (Å²) in [5, 5.41) is 0. The highest BCUT2D eigenvalue weighted by molar-refractivity contribution is 5.94. The molecule has 0 bridgehead atoms. The van der Waals surface area contributed by atoms with Gasteiger partial charge >= 0.3 is 0 Å². The number of aryl methyl sites for hydroxylation is 1. The maximum atomic E-state index is 12.3. The van der Waals surface area contributed by atoms with Gasteiger partial charge in [-0.15, -0.1) is 0 Å². The molecule has 0 saturated carbocycles. The van der Waals surface area contributed by atoms with E-state index in [1.54, 1.807) is 11.9 Å². The Morgan fingerprint density at radius 1 is 1.19 bits per heavy atom. The van der Waals surface area contributed by atoms with Gasteiger partial charge in [0.15, 0.2) is 11.5 Å². The van der Waals surface area contributed by atoms with Crippen molar-refractivity contribution in [2.24, 2.45) is 0 Å². The zero-order chi connectivity index (χ0) is 14.8. The van der Waals surface area contributed by atoms with Crippen LogP contribution >= 0.6 is 0 Å². The van der Waals surface area contributed by atoms with Crippen molar-refractivity contribution in [3.63, 3.8) is 0 Å². The third-order valence-corrected chi connectivity index (χ3v) is 3.43. The lowest BCUT2D eigenvalue weighted by Gasteiger charge is -2.17. The van der Waals surface area contributed by atoms with Gasteiger partial charge in [0.2, 0.25) is 5.91 Å². The molecule has 0 aliphatic heterocycles. The van der Waals surface area contributed by atoms with Crippen molar-refractivity contribution in [1.82, 2.24) is 4.98 Å². The summed E-state index contributed by atoms with van der Waals surface area (Å²) in [5.41, 5.74) is 3.37. The summed E-state index contributed by atoms with van der Waals surface area (Å²) >= 11 is 0. The van der Waals surface area contributed by atoms with Crippen LogP contribution in [-0.2, 0) is 11.2 Å². The van der Waals surface area contributed by atoms with Gasteiger partial charge in [0.25, 0.3) is 0 Å². The fourth-order valence-electron chi connectivity index (χ4n) is 2.29. The van der Waals surface area contributed by atoms with Gasteiger partial charge in [-0.3, -0.25) is 4.79 Å². The number of likely N-dealkylation sites (N-methyl/N-ethyl adjacent to an activating group) is 1. The second kappa shape index (κ2) is 5.40. The first-order chi connectivity index (χ1) is 10.1. The van der Waals surface area contributed by atoms with Crippen LogP contribution in [0.3, 0.4) is 0 Å². The molecule has 0 fully saturated rings. The second-order valence-electron chi connectivity index (χ2n) is 5.00. The van der Waals surface area contributed by atoms with Crippen LogP contribution in [0.5, 0.6) is 0 Å². The van der Waals surface area contributed by atoms with Crippen LogP contribution in [0.2, 0.25) is 0 Å². The molecule has 0 saturated heterocycles. The molecule has 4 nitrogen and oxygen atoms in total. The zero-order valence-corrected chi connectivity index (χ0v) is 12.0. The van der Waals surface area contributed by atoms with E-state index in [1.807, 2.05) is 55.5 Å². The number of hydrogen-bond donors (Lipinski definition) is 0. The first kappa shape index (κ1) is 13.4. The highest BCUT2D eigenvalue weighted by Crippen LogP contribution is 2.18. The molecule has 1 aromatic heterocycles. The van der Waals surface area contributed by atoms with Crippen LogP contribution in [0.25, 0.3) is 11.1 Å². The Balaban J connectivity index is 1.79. The first-order valence-electron chi connectivity index (χ1n) is 6.81. The molecular weight excluding hydrogens is 264 g/mol. The molecule has 0 atom stereocenters. The Morgan fingerprint density at radius 2 is 1.95 bits per heavy atom. The summed E-state index contributed by atoms with van der Waals surface area (Å²) in [6.07, 6.45) is 0.341. The number of fused-ring (bicyclic) bond motifs is 1. The molecule has 3 aromatic rings. The Labute approximate surface area is 123 Å². The third kappa shape index (κ3) is 2.79. The molecule has 0 aliphatic rings. The normalized spacial score (nSPS) is 10.8. The molecule has 0 spiro atoms. The van der Waals surface area contributed by atoms with Crippen LogP contribution in [0.15, 0.2) is 52.9 Å². The van der Waals surface area contributed by atoms with Gasteiger partial charge in [0, 0.05) is 19.7 Å². The number of aromatic nitrogens is 1. The molecule has 0 N–H and O–H groups in total. The molecule has 4 heteroatoms. The van der Waals surface area contributed by atoms with Crippen molar-refractivity contribution in [2.75, 3.05) is 11.9 Å². The summed E-state index contributed by atoms with van der Waals surface area (Å²) in [5.74, 6) is 0.677. The minimum Gasteiger partial charge on any atom is -0.441 e. The summed E-state index contributed by atoms with van der Waals surface area (Å²) in [6.45, 7) is 1.81. The molecular formula is C17H16N2O2. The molecule has 1 heterocycles. The van der Waals surface area contributed by atoms with Gasteiger partial charge in [0.05, 0.1) is 6.42 Å². The van der Waals surface area contributed by atoms with Gasteiger partial charge in [-0.25, -0.2) is 4.98 Å². The summed E-state index contributed by atoms with van der Waals surface area (Å²) in [6, 6.07) is 15.3. The molecule has 1 amide bonds. The predicted molar refractivity (Wildman–Crippen MR) is 82.3 cm³/mol. The quantitative estimate of drug-likeness (QED) is 0.739.